The Morgan fingerprint density at radius 2 is 1.86 bits per heavy atom. The van der Waals surface area contributed by atoms with Crippen molar-refractivity contribution in [3.05, 3.63) is 60.3 Å². The molecule has 2 aromatic carbocycles. The SMILES string of the molecule is CC(C)Oc1ccc(NCc2ccc3[nH]ccc3c2)cc1. The number of aromatic amines is 1. The highest BCUT2D eigenvalue weighted by Gasteiger charge is 2.00. The molecule has 0 spiro atoms. The summed E-state index contributed by atoms with van der Waals surface area (Å²) in [7, 11) is 0. The summed E-state index contributed by atoms with van der Waals surface area (Å²) in [5, 5.41) is 4.68. The maximum absolute atomic E-state index is 5.64. The van der Waals surface area contributed by atoms with E-state index in [1.807, 2.05) is 44.3 Å². The van der Waals surface area contributed by atoms with Gasteiger partial charge in [0.1, 0.15) is 5.75 Å². The van der Waals surface area contributed by atoms with Gasteiger partial charge in [-0.1, -0.05) is 6.07 Å². The molecule has 0 atom stereocenters. The molecular weight excluding hydrogens is 260 g/mol. The number of benzene rings is 2. The van der Waals surface area contributed by atoms with Crippen LogP contribution < -0.4 is 10.1 Å². The van der Waals surface area contributed by atoms with E-state index in [1.165, 1.54) is 16.5 Å². The highest BCUT2D eigenvalue weighted by molar-refractivity contribution is 5.79. The maximum atomic E-state index is 5.64. The van der Waals surface area contributed by atoms with E-state index < -0.39 is 0 Å². The molecule has 0 amide bonds. The molecule has 108 valence electrons. The molecule has 0 radical (unpaired) electrons. The van der Waals surface area contributed by atoms with Gasteiger partial charge in [-0.25, -0.2) is 0 Å². The van der Waals surface area contributed by atoms with Gasteiger partial charge in [0.25, 0.3) is 0 Å². The molecule has 3 heteroatoms. The average molecular weight is 280 g/mol. The van der Waals surface area contributed by atoms with E-state index in [-0.39, 0.29) is 6.10 Å². The third-order valence-electron chi connectivity index (χ3n) is 3.34. The molecule has 0 unspecified atom stereocenters. The van der Waals surface area contributed by atoms with Gasteiger partial charge in [0.15, 0.2) is 0 Å². The molecular formula is C18H20N2O. The minimum atomic E-state index is 0.205. The first-order chi connectivity index (χ1) is 10.2. The smallest absolute Gasteiger partial charge is 0.119 e. The second-order valence-electron chi connectivity index (χ2n) is 5.44. The van der Waals surface area contributed by atoms with E-state index >= 15 is 0 Å². The zero-order chi connectivity index (χ0) is 14.7. The van der Waals surface area contributed by atoms with E-state index in [2.05, 4.69) is 34.6 Å². The van der Waals surface area contributed by atoms with Gasteiger partial charge in [0, 0.05) is 23.9 Å². The van der Waals surface area contributed by atoms with Crippen molar-refractivity contribution in [3.63, 3.8) is 0 Å². The lowest BCUT2D eigenvalue weighted by Gasteiger charge is -2.11. The summed E-state index contributed by atoms with van der Waals surface area (Å²) in [5.41, 5.74) is 3.54. The van der Waals surface area contributed by atoms with Crippen molar-refractivity contribution in [2.24, 2.45) is 0 Å². The molecule has 3 nitrogen and oxygen atoms in total. The molecule has 1 aromatic heterocycles. The molecule has 1 heterocycles. The summed E-state index contributed by atoms with van der Waals surface area (Å²) in [6.07, 6.45) is 2.17. The average Bonchev–Trinajstić information content (AvgIpc) is 2.93. The number of nitrogens with one attached hydrogen (secondary N) is 2. The Morgan fingerprint density at radius 1 is 1.05 bits per heavy atom. The van der Waals surface area contributed by atoms with Gasteiger partial charge in [-0.15, -0.1) is 0 Å². The molecule has 0 saturated carbocycles. The van der Waals surface area contributed by atoms with Crippen LogP contribution in [0.2, 0.25) is 0 Å². The van der Waals surface area contributed by atoms with Gasteiger partial charge in [0.2, 0.25) is 0 Å². The fourth-order valence-electron chi connectivity index (χ4n) is 2.34. The fourth-order valence-corrected chi connectivity index (χ4v) is 2.34. The monoisotopic (exact) mass is 280 g/mol. The predicted molar refractivity (Wildman–Crippen MR) is 87.8 cm³/mol. The summed E-state index contributed by atoms with van der Waals surface area (Å²) >= 11 is 0. The summed E-state index contributed by atoms with van der Waals surface area (Å²) < 4.78 is 5.64. The highest BCUT2D eigenvalue weighted by Crippen LogP contribution is 2.19. The Hall–Kier alpha value is -2.42. The van der Waals surface area contributed by atoms with Gasteiger partial charge in [-0.3, -0.25) is 0 Å². The van der Waals surface area contributed by atoms with E-state index in [1.54, 1.807) is 0 Å². The van der Waals surface area contributed by atoms with Crippen molar-refractivity contribution in [1.29, 1.82) is 0 Å². The van der Waals surface area contributed by atoms with Crippen LogP contribution in [0.25, 0.3) is 10.9 Å². The summed E-state index contributed by atoms with van der Waals surface area (Å²) in [6, 6.07) is 16.6. The topological polar surface area (TPSA) is 37.0 Å². The molecule has 0 aliphatic rings. The minimum Gasteiger partial charge on any atom is -0.491 e. The molecule has 0 aliphatic carbocycles. The summed E-state index contributed by atoms with van der Waals surface area (Å²) in [5.74, 6) is 0.907. The van der Waals surface area contributed by atoms with E-state index in [0.29, 0.717) is 0 Å². The van der Waals surface area contributed by atoms with Crippen LogP contribution in [0.1, 0.15) is 19.4 Å². The predicted octanol–water partition coefficient (Wildman–Crippen LogP) is 4.57. The highest BCUT2D eigenvalue weighted by atomic mass is 16.5. The van der Waals surface area contributed by atoms with Crippen LogP contribution in [0.5, 0.6) is 5.75 Å². The number of hydrogen-bond acceptors (Lipinski definition) is 2. The Morgan fingerprint density at radius 3 is 2.62 bits per heavy atom. The van der Waals surface area contributed by atoms with Crippen molar-refractivity contribution in [3.8, 4) is 5.75 Å². The normalized spacial score (nSPS) is 11.0. The zero-order valence-electron chi connectivity index (χ0n) is 12.4. The van der Waals surface area contributed by atoms with Crippen molar-refractivity contribution < 1.29 is 4.74 Å². The molecule has 3 aromatic rings. The van der Waals surface area contributed by atoms with Crippen LogP contribution in [0.15, 0.2) is 54.7 Å². The number of fused-ring (bicyclic) bond motifs is 1. The van der Waals surface area contributed by atoms with Crippen molar-refractivity contribution in [1.82, 2.24) is 4.98 Å². The van der Waals surface area contributed by atoms with Gasteiger partial charge >= 0.3 is 0 Å². The van der Waals surface area contributed by atoms with Gasteiger partial charge in [-0.2, -0.15) is 0 Å². The number of aromatic nitrogens is 1. The first-order valence-electron chi connectivity index (χ1n) is 7.27. The Labute approximate surface area is 125 Å². The van der Waals surface area contributed by atoms with Gasteiger partial charge in [-0.05, 0) is 67.3 Å². The molecule has 21 heavy (non-hydrogen) atoms. The molecule has 0 bridgehead atoms. The van der Waals surface area contributed by atoms with Crippen molar-refractivity contribution in [2.45, 2.75) is 26.5 Å². The molecule has 0 fully saturated rings. The Bertz CT molecular complexity index is 713. The summed E-state index contributed by atoms with van der Waals surface area (Å²) in [6.45, 7) is 4.87. The van der Waals surface area contributed by atoms with Crippen LogP contribution in [0.4, 0.5) is 5.69 Å². The van der Waals surface area contributed by atoms with Crippen LogP contribution in [0, 0.1) is 0 Å². The number of ether oxygens (including phenoxy) is 1. The van der Waals surface area contributed by atoms with E-state index in [9.17, 15) is 0 Å². The molecule has 0 aliphatic heterocycles. The van der Waals surface area contributed by atoms with E-state index in [4.69, 9.17) is 4.74 Å². The number of hydrogen-bond donors (Lipinski definition) is 2. The quantitative estimate of drug-likeness (QED) is 0.718. The Balaban J connectivity index is 1.63. The molecule has 3 rings (SSSR count). The lowest BCUT2D eigenvalue weighted by Crippen LogP contribution is -2.05. The molecule has 2 N–H and O–H groups in total. The second-order valence-corrected chi connectivity index (χ2v) is 5.44. The first-order valence-corrected chi connectivity index (χ1v) is 7.27. The van der Waals surface area contributed by atoms with Crippen LogP contribution in [0.3, 0.4) is 0 Å². The largest absolute Gasteiger partial charge is 0.491 e. The molecule has 0 saturated heterocycles. The maximum Gasteiger partial charge on any atom is 0.119 e. The van der Waals surface area contributed by atoms with Crippen LogP contribution in [-0.4, -0.2) is 11.1 Å². The van der Waals surface area contributed by atoms with Crippen LogP contribution in [-0.2, 0) is 6.54 Å². The lowest BCUT2D eigenvalue weighted by molar-refractivity contribution is 0.242. The minimum absolute atomic E-state index is 0.205. The van der Waals surface area contributed by atoms with Gasteiger partial charge < -0.3 is 15.0 Å². The summed E-state index contributed by atoms with van der Waals surface area (Å²) in [4.78, 5) is 3.21. The third-order valence-corrected chi connectivity index (χ3v) is 3.34. The van der Waals surface area contributed by atoms with Crippen molar-refractivity contribution >= 4 is 16.6 Å². The lowest BCUT2D eigenvalue weighted by atomic mass is 10.1. The second kappa shape index (κ2) is 5.92. The number of rotatable bonds is 5. The fraction of sp³-hybridized carbons (Fsp3) is 0.222. The zero-order valence-corrected chi connectivity index (χ0v) is 12.4. The van der Waals surface area contributed by atoms with Gasteiger partial charge in [0.05, 0.1) is 6.10 Å². The van der Waals surface area contributed by atoms with E-state index in [0.717, 1.165) is 18.0 Å². The first kappa shape index (κ1) is 13.6. The van der Waals surface area contributed by atoms with Crippen molar-refractivity contribution in [2.75, 3.05) is 5.32 Å². The third kappa shape index (κ3) is 3.37. The van der Waals surface area contributed by atoms with Crippen LogP contribution >= 0.6 is 0 Å². The number of H-pyrrole nitrogens is 1. The number of anilines is 1. The standard InChI is InChI=1S/C18H20N2O/c1-13(2)21-17-6-4-16(5-7-17)20-12-14-3-8-18-15(11-14)9-10-19-18/h3-11,13,19-20H,12H2,1-2H3. The Kier molecular flexibility index (Phi) is 3.82.